The molecule has 2 rings (SSSR count). The Morgan fingerprint density at radius 2 is 2.42 bits per heavy atom. The summed E-state index contributed by atoms with van der Waals surface area (Å²) in [7, 11) is 0. The van der Waals surface area contributed by atoms with Gasteiger partial charge in [-0.1, -0.05) is 25.7 Å². The maximum Gasteiger partial charge on any atom is 0.255 e. The first kappa shape index (κ1) is 14.1. The zero-order valence-electron chi connectivity index (χ0n) is 11.5. The maximum absolute atomic E-state index is 12.5. The summed E-state index contributed by atoms with van der Waals surface area (Å²) >= 11 is 1.51. The van der Waals surface area contributed by atoms with Gasteiger partial charge < -0.3 is 10.6 Å². The molecule has 3 nitrogen and oxygen atoms in total. The van der Waals surface area contributed by atoms with E-state index in [2.05, 4.69) is 25.7 Å². The maximum atomic E-state index is 12.5. The van der Waals surface area contributed by atoms with Crippen LogP contribution in [0, 0.1) is 17.8 Å². The van der Waals surface area contributed by atoms with Gasteiger partial charge in [0.15, 0.2) is 0 Å². The number of hydrogen-bond acceptors (Lipinski definition) is 3. The lowest BCUT2D eigenvalue weighted by Crippen LogP contribution is -2.38. The van der Waals surface area contributed by atoms with Gasteiger partial charge in [-0.05, 0) is 24.8 Å². The summed E-state index contributed by atoms with van der Waals surface area (Å²) in [5.74, 6) is 6.46. The van der Waals surface area contributed by atoms with Crippen LogP contribution in [0.5, 0.6) is 0 Å². The lowest BCUT2D eigenvalue weighted by Gasteiger charge is -2.27. The average molecular weight is 276 g/mol. The van der Waals surface area contributed by atoms with E-state index in [0.29, 0.717) is 18.5 Å². The number of nitrogens with zero attached hydrogens (tertiary/aromatic N) is 1. The monoisotopic (exact) mass is 276 g/mol. The smallest absolute Gasteiger partial charge is 0.255 e. The van der Waals surface area contributed by atoms with E-state index in [1.54, 1.807) is 0 Å². The number of hydrogen-bond donors (Lipinski definition) is 1. The fourth-order valence-electron chi connectivity index (χ4n) is 2.56. The molecule has 0 aromatic carbocycles. The first-order valence-corrected chi connectivity index (χ1v) is 7.60. The second-order valence-electron chi connectivity index (χ2n) is 5.16. The third-order valence-electron chi connectivity index (χ3n) is 3.49. The second-order valence-corrected chi connectivity index (χ2v) is 6.07. The molecule has 0 bridgehead atoms. The van der Waals surface area contributed by atoms with Crippen LogP contribution >= 0.6 is 11.3 Å². The van der Waals surface area contributed by atoms with Crippen LogP contribution in [0.15, 0.2) is 11.4 Å². The number of amides is 1. The predicted octanol–water partition coefficient (Wildman–Crippen LogP) is 2.32. The highest BCUT2D eigenvalue weighted by Gasteiger charge is 2.31. The summed E-state index contributed by atoms with van der Waals surface area (Å²) in [4.78, 5) is 15.4. The molecular weight excluding hydrogens is 256 g/mol. The molecule has 1 amide bonds. The van der Waals surface area contributed by atoms with Gasteiger partial charge in [0.2, 0.25) is 0 Å². The molecule has 1 aromatic heterocycles. The SMILES string of the molecule is CC(C)C1CCCN1C(=O)c1csc(C#CCN)c1. The van der Waals surface area contributed by atoms with Gasteiger partial charge >= 0.3 is 0 Å². The fraction of sp³-hybridized carbons (Fsp3) is 0.533. The third kappa shape index (κ3) is 3.17. The molecule has 1 aliphatic heterocycles. The Kier molecular flexibility index (Phi) is 4.62. The van der Waals surface area contributed by atoms with Crippen molar-refractivity contribution in [2.24, 2.45) is 11.7 Å². The van der Waals surface area contributed by atoms with Gasteiger partial charge in [-0.25, -0.2) is 0 Å². The molecule has 4 heteroatoms. The van der Waals surface area contributed by atoms with E-state index in [1.165, 1.54) is 11.3 Å². The Hall–Kier alpha value is -1.31. The molecule has 19 heavy (non-hydrogen) atoms. The van der Waals surface area contributed by atoms with Crippen molar-refractivity contribution in [2.45, 2.75) is 32.7 Å². The zero-order chi connectivity index (χ0) is 13.8. The first-order valence-electron chi connectivity index (χ1n) is 6.72. The van der Waals surface area contributed by atoms with Gasteiger partial charge in [0.05, 0.1) is 17.0 Å². The van der Waals surface area contributed by atoms with Crippen molar-refractivity contribution in [3.63, 3.8) is 0 Å². The number of carbonyl (C=O) groups excluding carboxylic acids is 1. The zero-order valence-corrected chi connectivity index (χ0v) is 12.3. The summed E-state index contributed by atoms with van der Waals surface area (Å²) in [6.07, 6.45) is 2.23. The Labute approximate surface area is 118 Å². The molecule has 1 saturated heterocycles. The molecule has 1 atom stereocenters. The molecule has 0 spiro atoms. The quantitative estimate of drug-likeness (QED) is 0.843. The highest BCUT2D eigenvalue weighted by Crippen LogP contribution is 2.26. The number of rotatable bonds is 2. The highest BCUT2D eigenvalue weighted by molar-refractivity contribution is 7.10. The Balaban J connectivity index is 2.13. The minimum atomic E-state index is 0.147. The van der Waals surface area contributed by atoms with E-state index in [0.717, 1.165) is 29.8 Å². The van der Waals surface area contributed by atoms with Gasteiger partial charge in [0.25, 0.3) is 5.91 Å². The van der Waals surface area contributed by atoms with E-state index in [1.807, 2.05) is 16.3 Å². The third-order valence-corrected chi connectivity index (χ3v) is 4.34. The van der Waals surface area contributed by atoms with Gasteiger partial charge in [0.1, 0.15) is 0 Å². The summed E-state index contributed by atoms with van der Waals surface area (Å²) in [6, 6.07) is 2.26. The minimum absolute atomic E-state index is 0.147. The molecule has 1 fully saturated rings. The van der Waals surface area contributed by atoms with E-state index in [9.17, 15) is 4.79 Å². The van der Waals surface area contributed by atoms with E-state index in [4.69, 9.17) is 5.73 Å². The largest absolute Gasteiger partial charge is 0.335 e. The van der Waals surface area contributed by atoms with E-state index in [-0.39, 0.29) is 5.91 Å². The molecule has 1 aliphatic rings. The standard InChI is InChI=1S/C15H20N2OS/c1-11(2)14-6-4-8-17(14)15(18)12-9-13(19-10-12)5-3-7-16/h9-11,14H,4,6-8,16H2,1-2H3. The van der Waals surface area contributed by atoms with E-state index < -0.39 is 0 Å². The molecule has 0 radical (unpaired) electrons. The number of nitrogens with two attached hydrogens (primary N) is 1. The molecule has 1 unspecified atom stereocenters. The Morgan fingerprint density at radius 1 is 1.63 bits per heavy atom. The summed E-state index contributed by atoms with van der Waals surface area (Å²) in [5.41, 5.74) is 6.11. The van der Waals surface area contributed by atoms with Crippen molar-refractivity contribution < 1.29 is 4.79 Å². The van der Waals surface area contributed by atoms with Crippen molar-refractivity contribution in [3.05, 3.63) is 21.9 Å². The first-order chi connectivity index (χ1) is 9.13. The van der Waals surface area contributed by atoms with Crippen LogP contribution in [-0.4, -0.2) is 29.9 Å². The summed E-state index contributed by atoms with van der Waals surface area (Å²) < 4.78 is 0. The van der Waals surface area contributed by atoms with Crippen molar-refractivity contribution in [2.75, 3.05) is 13.1 Å². The fourth-order valence-corrected chi connectivity index (χ4v) is 3.30. The Bertz CT molecular complexity index is 510. The van der Waals surface area contributed by atoms with E-state index >= 15 is 0 Å². The second kappa shape index (κ2) is 6.23. The van der Waals surface area contributed by atoms with Crippen LogP contribution in [-0.2, 0) is 0 Å². The van der Waals surface area contributed by atoms with Crippen molar-refractivity contribution in [1.29, 1.82) is 0 Å². The highest BCUT2D eigenvalue weighted by atomic mass is 32.1. The lowest BCUT2D eigenvalue weighted by atomic mass is 10.0. The predicted molar refractivity (Wildman–Crippen MR) is 79.1 cm³/mol. The average Bonchev–Trinajstić information content (AvgIpc) is 3.04. The number of thiophene rings is 1. The summed E-state index contributed by atoms with van der Waals surface area (Å²) in [6.45, 7) is 5.59. The van der Waals surface area contributed by atoms with Crippen LogP contribution in [0.25, 0.3) is 0 Å². The van der Waals surface area contributed by atoms with Crippen LogP contribution in [0.3, 0.4) is 0 Å². The van der Waals surface area contributed by atoms with Gasteiger partial charge in [-0.3, -0.25) is 4.79 Å². The van der Waals surface area contributed by atoms with Crippen molar-refractivity contribution in [1.82, 2.24) is 4.90 Å². The van der Waals surface area contributed by atoms with Crippen LogP contribution in [0.1, 0.15) is 41.9 Å². The Morgan fingerprint density at radius 3 is 3.11 bits per heavy atom. The molecule has 2 heterocycles. The lowest BCUT2D eigenvalue weighted by molar-refractivity contribution is 0.0702. The van der Waals surface area contributed by atoms with Crippen LogP contribution < -0.4 is 5.73 Å². The van der Waals surface area contributed by atoms with Crippen molar-refractivity contribution in [3.8, 4) is 11.8 Å². The van der Waals surface area contributed by atoms with Gasteiger partial charge in [-0.15, -0.1) is 11.3 Å². The van der Waals surface area contributed by atoms with Gasteiger partial charge in [0, 0.05) is 18.0 Å². The molecule has 102 valence electrons. The molecule has 0 aliphatic carbocycles. The minimum Gasteiger partial charge on any atom is -0.335 e. The molecular formula is C15H20N2OS. The summed E-state index contributed by atoms with van der Waals surface area (Å²) in [5, 5.41) is 1.90. The van der Waals surface area contributed by atoms with Crippen LogP contribution in [0.4, 0.5) is 0 Å². The molecule has 0 saturated carbocycles. The number of carbonyl (C=O) groups is 1. The molecule has 2 N–H and O–H groups in total. The van der Waals surface area contributed by atoms with Gasteiger partial charge in [-0.2, -0.15) is 0 Å². The normalized spacial score (nSPS) is 18.5. The van der Waals surface area contributed by atoms with Crippen LogP contribution in [0.2, 0.25) is 0 Å². The van der Waals surface area contributed by atoms with Crippen molar-refractivity contribution >= 4 is 17.2 Å². The topological polar surface area (TPSA) is 46.3 Å². The number of likely N-dealkylation sites (tertiary alicyclic amines) is 1. The molecule has 1 aromatic rings.